The van der Waals surface area contributed by atoms with Crippen LogP contribution in [0.2, 0.25) is 0 Å². The second kappa shape index (κ2) is 6.24. The van der Waals surface area contributed by atoms with Gasteiger partial charge < -0.3 is 9.84 Å². The highest BCUT2D eigenvalue weighted by molar-refractivity contribution is 5.75. The second-order valence-electron chi connectivity index (χ2n) is 5.05. The van der Waals surface area contributed by atoms with E-state index < -0.39 is 11.4 Å². The third-order valence-electron chi connectivity index (χ3n) is 4.00. The Balaban J connectivity index is 2.45. The van der Waals surface area contributed by atoms with Crippen molar-refractivity contribution < 1.29 is 14.6 Å². The van der Waals surface area contributed by atoms with Crippen molar-refractivity contribution in [1.29, 1.82) is 0 Å². The van der Waals surface area contributed by atoms with E-state index in [0.29, 0.717) is 5.92 Å². The van der Waals surface area contributed by atoms with E-state index in [0.717, 1.165) is 51.6 Å². The van der Waals surface area contributed by atoms with Crippen LogP contribution in [0.4, 0.5) is 0 Å². The SMILES string of the molecule is CCC1CCC(CCCCOC)(C(=O)O)C1. The van der Waals surface area contributed by atoms with Gasteiger partial charge in [-0.25, -0.2) is 0 Å². The standard InChI is InChI=1S/C13H24O3/c1-3-11-6-8-13(10-11,12(14)15)7-4-5-9-16-2/h11H,3-10H2,1-2H3,(H,14,15). The van der Waals surface area contributed by atoms with Crippen molar-refractivity contribution >= 4 is 5.97 Å². The zero-order chi connectivity index (χ0) is 12.0. The molecule has 3 heteroatoms. The molecule has 1 fully saturated rings. The first-order valence-corrected chi connectivity index (χ1v) is 6.37. The van der Waals surface area contributed by atoms with Crippen LogP contribution in [0.15, 0.2) is 0 Å². The molecule has 0 amide bonds. The van der Waals surface area contributed by atoms with Crippen LogP contribution in [0, 0.1) is 11.3 Å². The fourth-order valence-corrected chi connectivity index (χ4v) is 2.82. The average Bonchev–Trinajstić information content (AvgIpc) is 2.69. The van der Waals surface area contributed by atoms with E-state index in [1.54, 1.807) is 7.11 Å². The van der Waals surface area contributed by atoms with E-state index >= 15 is 0 Å². The number of ether oxygens (including phenoxy) is 1. The fraction of sp³-hybridized carbons (Fsp3) is 0.923. The maximum atomic E-state index is 11.4. The predicted octanol–water partition coefficient (Wildman–Crippen LogP) is 3.08. The number of carboxylic acids is 1. The van der Waals surface area contributed by atoms with Crippen LogP contribution in [-0.4, -0.2) is 24.8 Å². The summed E-state index contributed by atoms with van der Waals surface area (Å²) in [5.41, 5.74) is -0.422. The molecule has 1 aliphatic rings. The third-order valence-corrected chi connectivity index (χ3v) is 4.00. The molecule has 0 aromatic rings. The zero-order valence-corrected chi connectivity index (χ0v) is 10.5. The number of carbonyl (C=O) groups is 1. The summed E-state index contributed by atoms with van der Waals surface area (Å²) in [6, 6.07) is 0. The number of hydrogen-bond donors (Lipinski definition) is 1. The van der Waals surface area contributed by atoms with Gasteiger partial charge in [-0.2, -0.15) is 0 Å². The molecule has 0 bridgehead atoms. The Morgan fingerprint density at radius 2 is 2.25 bits per heavy atom. The second-order valence-corrected chi connectivity index (χ2v) is 5.05. The average molecular weight is 228 g/mol. The minimum absolute atomic E-state index is 0.422. The number of carboxylic acid groups (broad SMARTS) is 1. The van der Waals surface area contributed by atoms with Gasteiger partial charge in [0.25, 0.3) is 0 Å². The normalized spacial score (nSPS) is 29.5. The first-order valence-electron chi connectivity index (χ1n) is 6.37. The van der Waals surface area contributed by atoms with Crippen molar-refractivity contribution in [2.24, 2.45) is 11.3 Å². The molecule has 0 spiro atoms. The van der Waals surface area contributed by atoms with Gasteiger partial charge in [-0.15, -0.1) is 0 Å². The highest BCUT2D eigenvalue weighted by Crippen LogP contribution is 2.46. The molecule has 1 rings (SSSR count). The molecule has 1 N–H and O–H groups in total. The van der Waals surface area contributed by atoms with Crippen molar-refractivity contribution in [2.75, 3.05) is 13.7 Å². The van der Waals surface area contributed by atoms with E-state index in [9.17, 15) is 9.90 Å². The van der Waals surface area contributed by atoms with Crippen LogP contribution in [0.25, 0.3) is 0 Å². The maximum Gasteiger partial charge on any atom is 0.309 e. The molecule has 0 aromatic heterocycles. The molecule has 0 heterocycles. The molecule has 0 saturated heterocycles. The van der Waals surface area contributed by atoms with Crippen molar-refractivity contribution in [3.63, 3.8) is 0 Å². The third kappa shape index (κ3) is 3.21. The van der Waals surface area contributed by atoms with Gasteiger partial charge in [-0.05, 0) is 38.0 Å². The minimum Gasteiger partial charge on any atom is -0.481 e. The van der Waals surface area contributed by atoms with Crippen molar-refractivity contribution in [3.8, 4) is 0 Å². The molecule has 16 heavy (non-hydrogen) atoms. The Morgan fingerprint density at radius 1 is 1.50 bits per heavy atom. The largest absolute Gasteiger partial charge is 0.481 e. The van der Waals surface area contributed by atoms with Crippen molar-refractivity contribution in [1.82, 2.24) is 0 Å². The smallest absolute Gasteiger partial charge is 0.309 e. The van der Waals surface area contributed by atoms with Crippen LogP contribution >= 0.6 is 0 Å². The zero-order valence-electron chi connectivity index (χ0n) is 10.5. The summed E-state index contributed by atoms with van der Waals surface area (Å²) in [5, 5.41) is 9.40. The van der Waals surface area contributed by atoms with Crippen LogP contribution in [0.5, 0.6) is 0 Å². The first kappa shape index (κ1) is 13.5. The molecule has 3 nitrogen and oxygen atoms in total. The van der Waals surface area contributed by atoms with E-state index in [2.05, 4.69) is 6.92 Å². The van der Waals surface area contributed by atoms with Gasteiger partial charge in [0.2, 0.25) is 0 Å². The van der Waals surface area contributed by atoms with Gasteiger partial charge in [0, 0.05) is 13.7 Å². The van der Waals surface area contributed by atoms with Gasteiger partial charge in [0.1, 0.15) is 0 Å². The number of aliphatic carboxylic acids is 1. The summed E-state index contributed by atoms with van der Waals surface area (Å²) >= 11 is 0. The molecule has 0 radical (unpaired) electrons. The summed E-state index contributed by atoms with van der Waals surface area (Å²) in [6.45, 7) is 2.90. The highest BCUT2D eigenvalue weighted by Gasteiger charge is 2.44. The maximum absolute atomic E-state index is 11.4. The van der Waals surface area contributed by atoms with Crippen LogP contribution < -0.4 is 0 Å². The van der Waals surface area contributed by atoms with Gasteiger partial charge in [0.15, 0.2) is 0 Å². The summed E-state index contributed by atoms with van der Waals surface area (Å²) in [7, 11) is 1.69. The van der Waals surface area contributed by atoms with Crippen molar-refractivity contribution in [2.45, 2.75) is 51.9 Å². The van der Waals surface area contributed by atoms with E-state index in [1.807, 2.05) is 0 Å². The molecular weight excluding hydrogens is 204 g/mol. The molecule has 0 aromatic carbocycles. The lowest BCUT2D eigenvalue weighted by Gasteiger charge is -2.24. The molecule has 94 valence electrons. The van der Waals surface area contributed by atoms with Gasteiger partial charge in [-0.3, -0.25) is 4.79 Å². The Morgan fingerprint density at radius 3 is 2.75 bits per heavy atom. The Kier molecular flexibility index (Phi) is 5.26. The molecule has 0 aliphatic heterocycles. The highest BCUT2D eigenvalue weighted by atomic mass is 16.5. The molecule has 2 atom stereocenters. The first-order chi connectivity index (χ1) is 7.64. The summed E-state index contributed by atoms with van der Waals surface area (Å²) in [5.74, 6) is 0.0411. The van der Waals surface area contributed by atoms with Gasteiger partial charge >= 0.3 is 5.97 Å². The fourth-order valence-electron chi connectivity index (χ4n) is 2.82. The number of hydrogen-bond acceptors (Lipinski definition) is 2. The topological polar surface area (TPSA) is 46.5 Å². The van der Waals surface area contributed by atoms with Crippen LogP contribution in [0.3, 0.4) is 0 Å². The van der Waals surface area contributed by atoms with Crippen LogP contribution in [-0.2, 0) is 9.53 Å². The lowest BCUT2D eigenvalue weighted by Crippen LogP contribution is -2.28. The molecular formula is C13H24O3. The Hall–Kier alpha value is -0.570. The number of rotatable bonds is 7. The van der Waals surface area contributed by atoms with E-state index in [1.165, 1.54) is 0 Å². The lowest BCUT2D eigenvalue weighted by atomic mass is 9.80. The van der Waals surface area contributed by atoms with Crippen molar-refractivity contribution in [3.05, 3.63) is 0 Å². The summed E-state index contributed by atoms with van der Waals surface area (Å²) < 4.78 is 4.99. The summed E-state index contributed by atoms with van der Waals surface area (Å²) in [4.78, 5) is 11.4. The Bertz CT molecular complexity index is 227. The Labute approximate surface area is 98.2 Å². The molecule has 1 saturated carbocycles. The summed E-state index contributed by atoms with van der Waals surface area (Å²) in [6.07, 6.45) is 6.72. The quantitative estimate of drug-likeness (QED) is 0.681. The van der Waals surface area contributed by atoms with Crippen LogP contribution in [0.1, 0.15) is 51.9 Å². The van der Waals surface area contributed by atoms with Gasteiger partial charge in [-0.1, -0.05) is 19.8 Å². The van der Waals surface area contributed by atoms with E-state index in [-0.39, 0.29) is 0 Å². The number of unbranched alkanes of at least 4 members (excludes halogenated alkanes) is 1. The monoisotopic (exact) mass is 228 g/mol. The van der Waals surface area contributed by atoms with Gasteiger partial charge in [0.05, 0.1) is 5.41 Å². The van der Waals surface area contributed by atoms with E-state index in [4.69, 9.17) is 4.74 Å². The molecule has 2 unspecified atom stereocenters. The lowest BCUT2D eigenvalue weighted by molar-refractivity contribution is -0.149. The predicted molar refractivity (Wildman–Crippen MR) is 63.4 cm³/mol. The number of methoxy groups -OCH3 is 1. The molecule has 1 aliphatic carbocycles. The minimum atomic E-state index is -0.583.